The summed E-state index contributed by atoms with van der Waals surface area (Å²) in [4.78, 5) is 17.2. The highest BCUT2D eigenvalue weighted by molar-refractivity contribution is 7.88. The van der Waals surface area contributed by atoms with E-state index in [0.29, 0.717) is 17.7 Å². The van der Waals surface area contributed by atoms with E-state index in [0.717, 1.165) is 4.47 Å². The van der Waals surface area contributed by atoms with Crippen molar-refractivity contribution in [2.45, 2.75) is 58.6 Å². The van der Waals surface area contributed by atoms with E-state index in [1.54, 1.807) is 20.8 Å². The Morgan fingerprint density at radius 1 is 1.40 bits per heavy atom. The van der Waals surface area contributed by atoms with Gasteiger partial charge in [-0.2, -0.15) is 0 Å². The number of fused-ring (bicyclic) bond motifs is 1. The molecule has 0 fully saturated rings. The SMILES string of the molecule is CCCC(=O)ON(C1CC(C)(C)Oc2ccc(F)cc21)S(=O)(=O)CC. The second kappa shape index (κ2) is 7.29. The molecule has 1 aliphatic rings. The number of hydroxylamine groups is 1. The highest BCUT2D eigenvalue weighted by atomic mass is 32.2. The number of rotatable bonds is 6. The van der Waals surface area contributed by atoms with E-state index >= 15 is 0 Å². The molecule has 0 saturated carbocycles. The van der Waals surface area contributed by atoms with Gasteiger partial charge in [0.2, 0.25) is 10.0 Å². The van der Waals surface area contributed by atoms with Crippen molar-refractivity contribution in [3.63, 3.8) is 0 Å². The van der Waals surface area contributed by atoms with Crippen LogP contribution in [0.5, 0.6) is 5.75 Å². The smallest absolute Gasteiger partial charge is 0.326 e. The molecule has 2 rings (SSSR count). The van der Waals surface area contributed by atoms with Crippen molar-refractivity contribution in [1.29, 1.82) is 0 Å². The van der Waals surface area contributed by atoms with E-state index in [1.807, 2.05) is 0 Å². The Kier molecular flexibility index (Phi) is 5.73. The lowest BCUT2D eigenvalue weighted by molar-refractivity contribution is -0.180. The minimum Gasteiger partial charge on any atom is -0.487 e. The van der Waals surface area contributed by atoms with Crippen LogP contribution in [0.1, 0.15) is 58.6 Å². The van der Waals surface area contributed by atoms with E-state index < -0.39 is 33.5 Å². The maximum absolute atomic E-state index is 13.8. The third kappa shape index (κ3) is 4.49. The van der Waals surface area contributed by atoms with E-state index in [4.69, 9.17) is 9.57 Å². The molecule has 1 heterocycles. The van der Waals surface area contributed by atoms with Gasteiger partial charge < -0.3 is 9.57 Å². The van der Waals surface area contributed by atoms with Crippen LogP contribution in [0.15, 0.2) is 18.2 Å². The zero-order valence-electron chi connectivity index (χ0n) is 14.9. The van der Waals surface area contributed by atoms with Crippen LogP contribution >= 0.6 is 0 Å². The van der Waals surface area contributed by atoms with Crippen LogP contribution < -0.4 is 4.74 Å². The fraction of sp³-hybridized carbons (Fsp3) is 0.588. The lowest BCUT2D eigenvalue weighted by Crippen LogP contribution is -2.45. The van der Waals surface area contributed by atoms with Crippen molar-refractivity contribution in [1.82, 2.24) is 4.47 Å². The Morgan fingerprint density at radius 2 is 2.08 bits per heavy atom. The number of sulfonamides is 1. The second-order valence-corrected chi connectivity index (χ2v) is 8.73. The predicted octanol–water partition coefficient (Wildman–Crippen LogP) is 3.34. The molecule has 8 heteroatoms. The first-order chi connectivity index (χ1) is 11.6. The summed E-state index contributed by atoms with van der Waals surface area (Å²) in [5.41, 5.74) is -0.352. The summed E-state index contributed by atoms with van der Waals surface area (Å²) >= 11 is 0. The molecule has 0 saturated heterocycles. The minimum absolute atomic E-state index is 0.0956. The molecule has 0 aromatic heterocycles. The van der Waals surface area contributed by atoms with Crippen LogP contribution in [0.2, 0.25) is 0 Å². The third-order valence-electron chi connectivity index (χ3n) is 3.94. The van der Waals surface area contributed by atoms with Crippen LogP contribution in [0, 0.1) is 5.82 Å². The van der Waals surface area contributed by atoms with Crippen LogP contribution in [0.4, 0.5) is 4.39 Å². The van der Waals surface area contributed by atoms with Gasteiger partial charge in [0.1, 0.15) is 17.2 Å². The normalized spacial score (nSPS) is 19.2. The molecule has 6 nitrogen and oxygen atoms in total. The molecule has 0 aliphatic carbocycles. The number of halogens is 1. The van der Waals surface area contributed by atoms with Crippen molar-refractivity contribution < 1.29 is 27.2 Å². The van der Waals surface area contributed by atoms with E-state index in [1.165, 1.54) is 25.1 Å². The lowest BCUT2D eigenvalue weighted by atomic mass is 9.90. The second-order valence-electron chi connectivity index (χ2n) is 6.63. The molecular weight excluding hydrogens is 349 g/mol. The van der Waals surface area contributed by atoms with Crippen molar-refractivity contribution in [2.75, 3.05) is 5.75 Å². The Hall–Kier alpha value is -1.67. The molecule has 0 spiro atoms. The molecule has 0 amide bonds. The number of benzene rings is 1. The number of nitrogens with zero attached hydrogens (tertiary/aromatic N) is 1. The van der Waals surface area contributed by atoms with Crippen molar-refractivity contribution >= 4 is 16.0 Å². The topological polar surface area (TPSA) is 72.9 Å². The highest BCUT2D eigenvalue weighted by Gasteiger charge is 2.43. The third-order valence-corrected chi connectivity index (χ3v) is 5.55. The first kappa shape index (κ1) is 19.7. The summed E-state index contributed by atoms with van der Waals surface area (Å²) in [6, 6.07) is 3.09. The molecule has 1 aliphatic heterocycles. The summed E-state index contributed by atoms with van der Waals surface area (Å²) in [6.07, 6.45) is 0.851. The Labute approximate surface area is 147 Å². The number of hydrogen-bond acceptors (Lipinski definition) is 5. The zero-order valence-corrected chi connectivity index (χ0v) is 15.7. The molecule has 0 N–H and O–H groups in total. The molecule has 140 valence electrons. The van der Waals surface area contributed by atoms with Crippen LogP contribution in [0.3, 0.4) is 0 Å². The molecule has 0 bridgehead atoms. The Balaban J connectivity index is 2.52. The van der Waals surface area contributed by atoms with Gasteiger partial charge in [-0.1, -0.05) is 6.92 Å². The molecule has 1 atom stereocenters. The van der Waals surface area contributed by atoms with Gasteiger partial charge in [0.15, 0.2) is 0 Å². The first-order valence-corrected chi connectivity index (χ1v) is 9.92. The van der Waals surface area contributed by atoms with E-state index in [2.05, 4.69) is 0 Å². The fourth-order valence-electron chi connectivity index (χ4n) is 2.77. The first-order valence-electron chi connectivity index (χ1n) is 8.31. The number of carbonyl (C=O) groups excluding carboxylic acids is 1. The number of hydrogen-bond donors (Lipinski definition) is 0. The molecule has 1 aromatic carbocycles. The number of carbonyl (C=O) groups is 1. The van der Waals surface area contributed by atoms with Gasteiger partial charge in [-0.3, -0.25) is 4.79 Å². The van der Waals surface area contributed by atoms with Crippen LogP contribution in [-0.2, 0) is 19.7 Å². The maximum atomic E-state index is 13.8. The monoisotopic (exact) mass is 373 g/mol. The largest absolute Gasteiger partial charge is 0.487 e. The average molecular weight is 373 g/mol. The van der Waals surface area contributed by atoms with Gasteiger partial charge in [0.25, 0.3) is 0 Å². The lowest BCUT2D eigenvalue weighted by Gasteiger charge is -2.40. The van der Waals surface area contributed by atoms with Crippen molar-refractivity contribution in [2.24, 2.45) is 0 Å². The molecule has 1 aromatic rings. The molecule has 25 heavy (non-hydrogen) atoms. The van der Waals surface area contributed by atoms with Gasteiger partial charge in [0, 0.05) is 18.4 Å². The van der Waals surface area contributed by atoms with Crippen LogP contribution in [0.25, 0.3) is 0 Å². The van der Waals surface area contributed by atoms with Gasteiger partial charge in [-0.25, -0.2) is 12.8 Å². The van der Waals surface area contributed by atoms with Gasteiger partial charge >= 0.3 is 5.97 Å². The summed E-state index contributed by atoms with van der Waals surface area (Å²) in [5.74, 6) is -1.01. The summed E-state index contributed by atoms with van der Waals surface area (Å²) in [7, 11) is -3.87. The minimum atomic E-state index is -3.87. The molecule has 0 radical (unpaired) electrons. The van der Waals surface area contributed by atoms with Crippen LogP contribution in [-0.4, -0.2) is 30.2 Å². The van der Waals surface area contributed by atoms with Crippen molar-refractivity contribution in [3.05, 3.63) is 29.6 Å². The maximum Gasteiger partial charge on any atom is 0.326 e. The van der Waals surface area contributed by atoms with Gasteiger partial charge in [-0.15, -0.1) is 0 Å². The van der Waals surface area contributed by atoms with Crippen molar-refractivity contribution in [3.8, 4) is 5.75 Å². The highest BCUT2D eigenvalue weighted by Crippen LogP contribution is 2.44. The van der Waals surface area contributed by atoms with E-state index in [9.17, 15) is 17.6 Å². The molecular formula is C17H24FNO5S. The predicted molar refractivity (Wildman–Crippen MR) is 90.8 cm³/mol. The van der Waals surface area contributed by atoms with E-state index in [-0.39, 0.29) is 18.6 Å². The molecule has 1 unspecified atom stereocenters. The fourth-order valence-corrected chi connectivity index (χ4v) is 3.79. The Morgan fingerprint density at radius 3 is 2.68 bits per heavy atom. The average Bonchev–Trinajstić information content (AvgIpc) is 2.52. The standard InChI is InChI=1S/C17H24FNO5S/c1-5-7-16(20)24-19(25(21,22)6-2)14-11-17(3,4)23-15-9-8-12(18)10-13(14)15/h8-10,14H,5-7,11H2,1-4H3. The number of ether oxygens (including phenoxy) is 1. The summed E-state index contributed by atoms with van der Waals surface area (Å²) in [6.45, 7) is 6.86. The quantitative estimate of drug-likeness (QED) is 0.715. The van der Waals surface area contributed by atoms with Gasteiger partial charge in [-0.05, 0) is 49.9 Å². The van der Waals surface area contributed by atoms with Gasteiger partial charge in [0.05, 0.1) is 11.8 Å². The Bertz CT molecular complexity index is 747. The zero-order chi connectivity index (χ0) is 18.8. The summed E-state index contributed by atoms with van der Waals surface area (Å²) in [5, 5.41) is 0. The summed E-state index contributed by atoms with van der Waals surface area (Å²) < 4.78 is 45.4.